The zero-order chi connectivity index (χ0) is 14.7. The van der Waals surface area contributed by atoms with E-state index in [1.807, 2.05) is 17.0 Å². The number of halogens is 1. The maximum Gasteiger partial charge on any atom is 0.260 e. The number of hydrogen-bond donors (Lipinski definition) is 1. The zero-order valence-corrected chi connectivity index (χ0v) is 13.7. The summed E-state index contributed by atoms with van der Waals surface area (Å²) in [4.78, 5) is 14.0. The SMILES string of the molecule is O=C(COc1c(Br)cccc1CNC1CC1)N1CCCC1. The summed E-state index contributed by atoms with van der Waals surface area (Å²) in [7, 11) is 0. The summed E-state index contributed by atoms with van der Waals surface area (Å²) in [5.41, 5.74) is 1.10. The molecular formula is C16H21BrN2O2. The lowest BCUT2D eigenvalue weighted by atomic mass is 10.2. The van der Waals surface area contributed by atoms with Crippen molar-refractivity contribution in [2.75, 3.05) is 19.7 Å². The Morgan fingerprint density at radius 3 is 2.81 bits per heavy atom. The molecule has 0 atom stereocenters. The van der Waals surface area contributed by atoms with Crippen LogP contribution >= 0.6 is 15.9 Å². The molecule has 21 heavy (non-hydrogen) atoms. The molecule has 1 amide bonds. The van der Waals surface area contributed by atoms with Crippen molar-refractivity contribution in [2.45, 2.75) is 38.3 Å². The topological polar surface area (TPSA) is 41.6 Å². The molecule has 1 N–H and O–H groups in total. The minimum Gasteiger partial charge on any atom is -0.482 e. The highest BCUT2D eigenvalue weighted by molar-refractivity contribution is 9.10. The van der Waals surface area contributed by atoms with Gasteiger partial charge >= 0.3 is 0 Å². The summed E-state index contributed by atoms with van der Waals surface area (Å²) >= 11 is 3.53. The molecule has 0 radical (unpaired) electrons. The number of para-hydroxylation sites is 1. The molecule has 0 aromatic heterocycles. The number of benzene rings is 1. The lowest BCUT2D eigenvalue weighted by molar-refractivity contribution is -0.132. The Balaban J connectivity index is 1.60. The summed E-state index contributed by atoms with van der Waals surface area (Å²) in [6.45, 7) is 2.65. The van der Waals surface area contributed by atoms with Gasteiger partial charge in [0.2, 0.25) is 0 Å². The fourth-order valence-electron chi connectivity index (χ4n) is 2.59. The predicted molar refractivity (Wildman–Crippen MR) is 85.3 cm³/mol. The quantitative estimate of drug-likeness (QED) is 0.855. The Kier molecular flexibility index (Phi) is 4.80. The number of nitrogens with zero attached hydrogens (tertiary/aromatic N) is 1. The third-order valence-corrected chi connectivity index (χ3v) is 4.63. The van der Waals surface area contributed by atoms with Crippen LogP contribution in [0.2, 0.25) is 0 Å². The highest BCUT2D eigenvalue weighted by atomic mass is 79.9. The molecular weight excluding hydrogens is 332 g/mol. The van der Waals surface area contributed by atoms with Gasteiger partial charge in [-0.2, -0.15) is 0 Å². The normalized spacial score (nSPS) is 18.0. The van der Waals surface area contributed by atoms with Crippen LogP contribution in [0.5, 0.6) is 5.75 Å². The molecule has 1 heterocycles. The van der Waals surface area contributed by atoms with E-state index in [9.17, 15) is 4.79 Å². The molecule has 1 saturated heterocycles. The lowest BCUT2D eigenvalue weighted by Crippen LogP contribution is -2.32. The zero-order valence-electron chi connectivity index (χ0n) is 12.1. The van der Waals surface area contributed by atoms with Crippen molar-refractivity contribution in [1.29, 1.82) is 0 Å². The molecule has 4 nitrogen and oxygen atoms in total. The first kappa shape index (κ1) is 14.9. The average Bonchev–Trinajstić information content (AvgIpc) is 3.15. The van der Waals surface area contributed by atoms with Gasteiger partial charge in [0.15, 0.2) is 6.61 Å². The van der Waals surface area contributed by atoms with Gasteiger partial charge in [0.25, 0.3) is 5.91 Å². The Morgan fingerprint density at radius 1 is 1.33 bits per heavy atom. The fourth-order valence-corrected chi connectivity index (χ4v) is 3.11. The van der Waals surface area contributed by atoms with Gasteiger partial charge in [-0.15, -0.1) is 0 Å². The molecule has 2 aliphatic rings. The van der Waals surface area contributed by atoms with Crippen molar-refractivity contribution in [3.8, 4) is 5.75 Å². The second-order valence-corrected chi connectivity index (χ2v) is 6.61. The number of nitrogens with one attached hydrogen (secondary N) is 1. The number of likely N-dealkylation sites (tertiary alicyclic amines) is 1. The first-order valence-electron chi connectivity index (χ1n) is 7.65. The Morgan fingerprint density at radius 2 is 2.10 bits per heavy atom. The van der Waals surface area contributed by atoms with Crippen molar-refractivity contribution >= 4 is 21.8 Å². The predicted octanol–water partition coefficient (Wildman–Crippen LogP) is 2.70. The molecule has 2 fully saturated rings. The summed E-state index contributed by atoms with van der Waals surface area (Å²) in [5, 5.41) is 3.49. The molecule has 1 aromatic rings. The summed E-state index contributed by atoms with van der Waals surface area (Å²) in [6, 6.07) is 6.66. The lowest BCUT2D eigenvalue weighted by Gasteiger charge is -2.18. The van der Waals surface area contributed by atoms with E-state index in [4.69, 9.17) is 4.74 Å². The van der Waals surface area contributed by atoms with Crippen LogP contribution in [0.25, 0.3) is 0 Å². The van der Waals surface area contributed by atoms with Crippen LogP contribution in [0.1, 0.15) is 31.2 Å². The third kappa shape index (κ3) is 3.98. The number of amides is 1. The average molecular weight is 353 g/mol. The molecule has 1 aliphatic heterocycles. The number of hydrogen-bond acceptors (Lipinski definition) is 3. The number of carbonyl (C=O) groups excluding carboxylic acids is 1. The molecule has 114 valence electrons. The van der Waals surface area contributed by atoms with Gasteiger partial charge in [0, 0.05) is 31.2 Å². The maximum absolute atomic E-state index is 12.1. The van der Waals surface area contributed by atoms with Gasteiger partial charge < -0.3 is 15.0 Å². The largest absolute Gasteiger partial charge is 0.482 e. The van der Waals surface area contributed by atoms with E-state index in [2.05, 4.69) is 27.3 Å². The van der Waals surface area contributed by atoms with E-state index >= 15 is 0 Å². The fraction of sp³-hybridized carbons (Fsp3) is 0.562. The van der Waals surface area contributed by atoms with Crippen LogP contribution in [0, 0.1) is 0 Å². The minimum absolute atomic E-state index is 0.0874. The molecule has 1 aromatic carbocycles. The molecule has 0 bridgehead atoms. The summed E-state index contributed by atoms with van der Waals surface area (Å²) < 4.78 is 6.73. The van der Waals surface area contributed by atoms with Gasteiger partial charge in [-0.05, 0) is 47.7 Å². The first-order valence-corrected chi connectivity index (χ1v) is 8.44. The van der Waals surface area contributed by atoms with E-state index < -0.39 is 0 Å². The van der Waals surface area contributed by atoms with Crippen molar-refractivity contribution in [3.05, 3.63) is 28.2 Å². The summed E-state index contributed by atoms with van der Waals surface area (Å²) in [6.07, 6.45) is 4.74. The van der Waals surface area contributed by atoms with E-state index in [-0.39, 0.29) is 12.5 Å². The minimum atomic E-state index is 0.0874. The van der Waals surface area contributed by atoms with Crippen molar-refractivity contribution in [2.24, 2.45) is 0 Å². The van der Waals surface area contributed by atoms with Crippen LogP contribution in [0.4, 0.5) is 0 Å². The van der Waals surface area contributed by atoms with Gasteiger partial charge in [0.1, 0.15) is 5.75 Å². The molecule has 3 rings (SSSR count). The van der Waals surface area contributed by atoms with Crippen molar-refractivity contribution < 1.29 is 9.53 Å². The van der Waals surface area contributed by atoms with Gasteiger partial charge in [-0.3, -0.25) is 4.79 Å². The van der Waals surface area contributed by atoms with E-state index in [0.717, 1.165) is 48.3 Å². The summed E-state index contributed by atoms with van der Waals surface area (Å²) in [5.74, 6) is 0.877. The highest BCUT2D eigenvalue weighted by Crippen LogP contribution is 2.30. The van der Waals surface area contributed by atoms with Crippen LogP contribution in [-0.4, -0.2) is 36.5 Å². The van der Waals surface area contributed by atoms with Crippen LogP contribution in [0.3, 0.4) is 0 Å². The van der Waals surface area contributed by atoms with Gasteiger partial charge in [-0.1, -0.05) is 12.1 Å². The van der Waals surface area contributed by atoms with E-state index in [0.29, 0.717) is 6.04 Å². The Hall–Kier alpha value is -1.07. The Labute approximate surface area is 134 Å². The molecule has 1 aliphatic carbocycles. The highest BCUT2D eigenvalue weighted by Gasteiger charge is 2.22. The van der Waals surface area contributed by atoms with E-state index in [1.54, 1.807) is 0 Å². The standard InChI is InChI=1S/C16H21BrN2O2/c17-14-5-3-4-12(10-18-13-6-7-13)16(14)21-11-15(20)19-8-1-2-9-19/h3-5,13,18H,1-2,6-11H2. The maximum atomic E-state index is 12.1. The first-order chi connectivity index (χ1) is 10.2. The van der Waals surface area contributed by atoms with Crippen LogP contribution in [0.15, 0.2) is 22.7 Å². The third-order valence-electron chi connectivity index (χ3n) is 4.01. The molecule has 5 heteroatoms. The number of ether oxygens (including phenoxy) is 1. The molecule has 1 saturated carbocycles. The second kappa shape index (κ2) is 6.79. The van der Waals surface area contributed by atoms with Crippen LogP contribution < -0.4 is 10.1 Å². The monoisotopic (exact) mass is 352 g/mol. The van der Waals surface area contributed by atoms with Crippen molar-refractivity contribution in [1.82, 2.24) is 10.2 Å². The molecule has 0 unspecified atom stereocenters. The molecule has 0 spiro atoms. The van der Waals surface area contributed by atoms with Gasteiger partial charge in [-0.25, -0.2) is 0 Å². The Bertz CT molecular complexity index is 511. The number of carbonyl (C=O) groups is 1. The van der Waals surface area contributed by atoms with Gasteiger partial charge in [0.05, 0.1) is 4.47 Å². The second-order valence-electron chi connectivity index (χ2n) is 5.76. The van der Waals surface area contributed by atoms with Crippen molar-refractivity contribution in [3.63, 3.8) is 0 Å². The number of rotatable bonds is 6. The van der Waals surface area contributed by atoms with Crippen LogP contribution in [-0.2, 0) is 11.3 Å². The van der Waals surface area contributed by atoms with E-state index in [1.165, 1.54) is 12.8 Å². The smallest absolute Gasteiger partial charge is 0.260 e.